The van der Waals surface area contributed by atoms with E-state index >= 15 is 0 Å². The summed E-state index contributed by atoms with van der Waals surface area (Å²) in [6, 6.07) is 9.90. The molecule has 0 bridgehead atoms. The van der Waals surface area contributed by atoms with Crippen molar-refractivity contribution in [1.82, 2.24) is 13.9 Å². The lowest BCUT2D eigenvalue weighted by Gasteiger charge is -2.34. The second-order valence-corrected chi connectivity index (χ2v) is 15.6. The van der Waals surface area contributed by atoms with Crippen LogP contribution < -0.4 is 14.2 Å². The van der Waals surface area contributed by atoms with Crippen LogP contribution in [0.5, 0.6) is 11.5 Å². The van der Waals surface area contributed by atoms with Crippen molar-refractivity contribution in [1.29, 1.82) is 0 Å². The van der Waals surface area contributed by atoms with E-state index < -0.39 is 20.0 Å². The molecule has 1 N–H and O–H groups in total. The number of methoxy groups -OCH3 is 2. The van der Waals surface area contributed by atoms with Crippen molar-refractivity contribution in [3.63, 3.8) is 0 Å². The van der Waals surface area contributed by atoms with Gasteiger partial charge in [0, 0.05) is 50.4 Å². The van der Waals surface area contributed by atoms with Crippen LogP contribution >= 0.6 is 0 Å². The van der Waals surface area contributed by atoms with Gasteiger partial charge >= 0.3 is 0 Å². The largest absolute Gasteiger partial charge is 0.496 e. The lowest BCUT2D eigenvalue weighted by atomic mass is 9.86. The summed E-state index contributed by atoms with van der Waals surface area (Å²) in [5.74, 6) is 1.32. The minimum absolute atomic E-state index is 0.193. The molecular formula is C28H43N3O6S2. The van der Waals surface area contributed by atoms with Gasteiger partial charge < -0.3 is 9.47 Å². The highest BCUT2D eigenvalue weighted by Gasteiger charge is 2.31. The van der Waals surface area contributed by atoms with Gasteiger partial charge in [-0.25, -0.2) is 21.6 Å². The van der Waals surface area contributed by atoms with Crippen LogP contribution in [0.1, 0.15) is 52.7 Å². The molecule has 0 spiro atoms. The highest BCUT2D eigenvalue weighted by Crippen LogP contribution is 2.35. The molecule has 39 heavy (non-hydrogen) atoms. The summed E-state index contributed by atoms with van der Waals surface area (Å²) in [6.45, 7) is 14.5. The van der Waals surface area contributed by atoms with Gasteiger partial charge in [-0.2, -0.15) is 4.31 Å². The van der Waals surface area contributed by atoms with Crippen molar-refractivity contribution in [2.45, 2.75) is 62.2 Å². The van der Waals surface area contributed by atoms with Gasteiger partial charge in [0.25, 0.3) is 0 Å². The van der Waals surface area contributed by atoms with Gasteiger partial charge in [0.15, 0.2) is 0 Å². The van der Waals surface area contributed by atoms with E-state index in [-0.39, 0.29) is 27.2 Å². The van der Waals surface area contributed by atoms with Gasteiger partial charge in [-0.3, -0.25) is 4.90 Å². The average molecular weight is 582 g/mol. The van der Waals surface area contributed by atoms with Crippen LogP contribution in [-0.4, -0.2) is 79.5 Å². The number of hydrogen-bond donors (Lipinski definition) is 1. The Bertz CT molecular complexity index is 1370. The molecule has 3 rings (SSSR count). The molecule has 1 aliphatic heterocycles. The van der Waals surface area contributed by atoms with Gasteiger partial charge in [-0.1, -0.05) is 41.5 Å². The first-order valence-corrected chi connectivity index (χ1v) is 16.0. The Morgan fingerprint density at radius 3 is 1.67 bits per heavy atom. The van der Waals surface area contributed by atoms with Crippen LogP contribution in [0.2, 0.25) is 0 Å². The summed E-state index contributed by atoms with van der Waals surface area (Å²) in [5, 5.41) is 0. The van der Waals surface area contributed by atoms with E-state index in [1.165, 1.54) is 4.31 Å². The van der Waals surface area contributed by atoms with Crippen molar-refractivity contribution in [3.8, 4) is 11.5 Å². The molecule has 0 saturated carbocycles. The van der Waals surface area contributed by atoms with E-state index in [2.05, 4.69) is 9.62 Å². The van der Waals surface area contributed by atoms with Crippen LogP contribution in [0.15, 0.2) is 46.2 Å². The number of piperazine rings is 1. The van der Waals surface area contributed by atoms with E-state index in [0.717, 1.165) is 11.1 Å². The molecule has 1 saturated heterocycles. The van der Waals surface area contributed by atoms with Crippen molar-refractivity contribution in [2.75, 3.05) is 53.5 Å². The van der Waals surface area contributed by atoms with Crippen LogP contribution in [0.25, 0.3) is 0 Å². The minimum Gasteiger partial charge on any atom is -0.496 e. The number of sulfonamides is 2. The Kier molecular flexibility index (Phi) is 9.44. The first-order valence-electron chi connectivity index (χ1n) is 13.1. The fraction of sp³-hybridized carbons (Fsp3) is 0.571. The SMILES string of the molecule is COc1ccc(S(=O)(=O)NCCN2CCN(S(=O)(=O)c3ccc(OC)c(C(C)(C)C)c3)CC2)cc1C(C)(C)C. The summed E-state index contributed by atoms with van der Waals surface area (Å²) >= 11 is 0. The molecule has 0 radical (unpaired) electrons. The Hall–Kier alpha value is -2.18. The number of nitrogens with zero attached hydrogens (tertiary/aromatic N) is 2. The standard InChI is InChI=1S/C28H43N3O6S2/c1-27(2,3)23-19-21(9-11-25(23)36-7)38(32,33)29-13-14-30-15-17-31(18-16-30)39(34,35)22-10-12-26(37-8)24(20-22)28(4,5)6/h9-12,19-20,29H,13-18H2,1-8H3. The fourth-order valence-corrected chi connectivity index (χ4v) is 7.13. The zero-order valence-electron chi connectivity index (χ0n) is 24.4. The molecule has 0 atom stereocenters. The number of rotatable bonds is 9. The first-order chi connectivity index (χ1) is 18.0. The third kappa shape index (κ3) is 7.32. The third-order valence-corrected chi connectivity index (χ3v) is 10.3. The van der Waals surface area contributed by atoms with E-state index in [0.29, 0.717) is 44.2 Å². The Balaban J connectivity index is 1.61. The molecule has 0 aliphatic carbocycles. The van der Waals surface area contributed by atoms with Gasteiger partial charge in [-0.05, 0) is 47.2 Å². The van der Waals surface area contributed by atoms with Gasteiger partial charge in [0.05, 0.1) is 24.0 Å². The summed E-state index contributed by atoms with van der Waals surface area (Å²) in [5.41, 5.74) is 1.10. The number of benzene rings is 2. The fourth-order valence-electron chi connectivity index (χ4n) is 4.64. The van der Waals surface area contributed by atoms with Crippen molar-refractivity contribution < 1.29 is 26.3 Å². The maximum Gasteiger partial charge on any atom is 0.243 e. The van der Waals surface area contributed by atoms with E-state index in [1.54, 1.807) is 50.6 Å². The third-order valence-electron chi connectivity index (χ3n) is 6.96. The minimum atomic E-state index is -3.71. The normalized spacial score (nSPS) is 16.3. The van der Waals surface area contributed by atoms with Crippen LogP contribution in [0.3, 0.4) is 0 Å². The van der Waals surface area contributed by atoms with E-state index in [1.807, 2.05) is 41.5 Å². The molecule has 2 aromatic carbocycles. The Morgan fingerprint density at radius 2 is 1.21 bits per heavy atom. The van der Waals surface area contributed by atoms with Crippen molar-refractivity contribution in [3.05, 3.63) is 47.5 Å². The predicted octanol–water partition coefficient (Wildman–Crippen LogP) is 3.58. The highest BCUT2D eigenvalue weighted by molar-refractivity contribution is 7.89. The summed E-state index contributed by atoms with van der Waals surface area (Å²) < 4.78 is 67.8. The van der Waals surface area contributed by atoms with Crippen LogP contribution in [0.4, 0.5) is 0 Å². The van der Waals surface area contributed by atoms with Crippen LogP contribution in [0, 0.1) is 0 Å². The molecule has 0 unspecified atom stereocenters. The summed E-state index contributed by atoms with van der Waals surface area (Å²) in [7, 11) is -4.22. The lowest BCUT2D eigenvalue weighted by Crippen LogP contribution is -2.50. The molecule has 11 heteroatoms. The number of ether oxygens (including phenoxy) is 2. The highest BCUT2D eigenvalue weighted by atomic mass is 32.2. The lowest BCUT2D eigenvalue weighted by molar-refractivity contribution is 0.191. The molecule has 218 valence electrons. The average Bonchev–Trinajstić information content (AvgIpc) is 2.87. The molecule has 0 aromatic heterocycles. The van der Waals surface area contributed by atoms with Crippen LogP contribution in [-0.2, 0) is 30.9 Å². The Morgan fingerprint density at radius 1 is 0.744 bits per heavy atom. The zero-order valence-corrected chi connectivity index (χ0v) is 26.0. The van der Waals surface area contributed by atoms with E-state index in [4.69, 9.17) is 9.47 Å². The molecular weight excluding hydrogens is 538 g/mol. The molecule has 1 fully saturated rings. The zero-order chi connectivity index (χ0) is 29.2. The van der Waals surface area contributed by atoms with Gasteiger partial charge in [0.1, 0.15) is 11.5 Å². The van der Waals surface area contributed by atoms with Gasteiger partial charge in [-0.15, -0.1) is 0 Å². The molecule has 0 amide bonds. The van der Waals surface area contributed by atoms with Crippen molar-refractivity contribution in [2.24, 2.45) is 0 Å². The second-order valence-electron chi connectivity index (χ2n) is 11.9. The number of hydrogen-bond acceptors (Lipinski definition) is 7. The second kappa shape index (κ2) is 11.7. The topological polar surface area (TPSA) is 105 Å². The molecule has 9 nitrogen and oxygen atoms in total. The Labute approximate surface area is 234 Å². The van der Waals surface area contributed by atoms with Gasteiger partial charge in [0.2, 0.25) is 20.0 Å². The molecule has 1 aliphatic rings. The quantitative estimate of drug-likeness (QED) is 0.483. The maximum atomic E-state index is 13.4. The number of nitrogens with one attached hydrogen (secondary N) is 1. The summed E-state index contributed by atoms with van der Waals surface area (Å²) in [6.07, 6.45) is 0. The molecule has 2 aromatic rings. The summed E-state index contributed by atoms with van der Waals surface area (Å²) in [4.78, 5) is 2.51. The van der Waals surface area contributed by atoms with Crippen molar-refractivity contribution >= 4 is 20.0 Å². The maximum absolute atomic E-state index is 13.4. The van der Waals surface area contributed by atoms with E-state index in [9.17, 15) is 16.8 Å². The first kappa shape index (κ1) is 31.3. The molecule has 1 heterocycles. The predicted molar refractivity (Wildman–Crippen MR) is 154 cm³/mol. The monoisotopic (exact) mass is 581 g/mol. The smallest absolute Gasteiger partial charge is 0.243 e.